The van der Waals surface area contributed by atoms with E-state index in [-0.39, 0.29) is 0 Å². The molecule has 130 valence electrons. The van der Waals surface area contributed by atoms with Crippen LogP contribution in [0.15, 0.2) is 12.1 Å². The van der Waals surface area contributed by atoms with Crippen LogP contribution in [0.25, 0.3) is 0 Å². The van der Waals surface area contributed by atoms with Gasteiger partial charge >= 0.3 is 5.97 Å². The van der Waals surface area contributed by atoms with Crippen molar-refractivity contribution >= 4 is 5.97 Å². The number of ether oxygens (including phenoxy) is 3. The van der Waals surface area contributed by atoms with E-state index < -0.39 is 12.0 Å². The van der Waals surface area contributed by atoms with Crippen LogP contribution in [0.4, 0.5) is 0 Å². The number of hydrogen-bond donors (Lipinski definition) is 2. The fourth-order valence-electron chi connectivity index (χ4n) is 2.31. The Morgan fingerprint density at radius 1 is 1.22 bits per heavy atom. The van der Waals surface area contributed by atoms with Crippen LogP contribution in [0.3, 0.4) is 0 Å². The molecule has 0 spiro atoms. The van der Waals surface area contributed by atoms with Crippen molar-refractivity contribution in [2.45, 2.75) is 39.8 Å². The number of nitrogens with one attached hydrogen (secondary N) is 1. The molecule has 0 bridgehead atoms. The molecule has 0 unspecified atom stereocenters. The standard InChI is InChI=1S/C17H27NO5/c1-6-23-16-14(21-4)8-12(9-15(16)22-5)10-18-13(17(19)20)7-11(2)3/h8-9,11,13,18H,6-7,10H2,1-5H3,(H,19,20)/t13-/m1/s1. The summed E-state index contributed by atoms with van der Waals surface area (Å²) in [5.41, 5.74) is 0.872. The average molecular weight is 325 g/mol. The van der Waals surface area contributed by atoms with E-state index in [1.54, 1.807) is 14.2 Å². The van der Waals surface area contributed by atoms with Gasteiger partial charge in [-0.15, -0.1) is 0 Å². The Bertz CT molecular complexity index is 491. The van der Waals surface area contributed by atoms with Gasteiger partial charge in [0, 0.05) is 6.54 Å². The Morgan fingerprint density at radius 3 is 2.17 bits per heavy atom. The molecule has 0 fully saturated rings. The molecular weight excluding hydrogens is 298 g/mol. The smallest absolute Gasteiger partial charge is 0.320 e. The lowest BCUT2D eigenvalue weighted by Gasteiger charge is -2.18. The van der Waals surface area contributed by atoms with Crippen LogP contribution in [0.2, 0.25) is 0 Å². The fourth-order valence-corrected chi connectivity index (χ4v) is 2.31. The second kappa shape index (κ2) is 9.25. The quantitative estimate of drug-likeness (QED) is 0.689. The van der Waals surface area contributed by atoms with Gasteiger partial charge in [0.2, 0.25) is 5.75 Å². The van der Waals surface area contributed by atoms with E-state index in [2.05, 4.69) is 5.32 Å². The Labute approximate surface area is 137 Å². The second-order valence-corrected chi connectivity index (χ2v) is 5.66. The molecule has 0 saturated heterocycles. The number of carbonyl (C=O) groups is 1. The fraction of sp³-hybridized carbons (Fsp3) is 0.588. The molecule has 0 aliphatic heterocycles. The molecule has 1 aromatic rings. The topological polar surface area (TPSA) is 77.0 Å². The van der Waals surface area contributed by atoms with Crippen molar-refractivity contribution in [1.29, 1.82) is 0 Å². The summed E-state index contributed by atoms with van der Waals surface area (Å²) in [6.45, 7) is 6.79. The van der Waals surface area contributed by atoms with Crippen molar-refractivity contribution in [3.05, 3.63) is 17.7 Å². The van der Waals surface area contributed by atoms with Crippen LogP contribution in [0.5, 0.6) is 17.2 Å². The van der Waals surface area contributed by atoms with Gasteiger partial charge in [0.15, 0.2) is 11.5 Å². The molecule has 1 atom stereocenters. The third-order valence-electron chi connectivity index (χ3n) is 3.37. The van der Waals surface area contributed by atoms with Gasteiger partial charge in [-0.2, -0.15) is 0 Å². The molecule has 0 aliphatic rings. The number of hydrogen-bond acceptors (Lipinski definition) is 5. The predicted octanol–water partition coefficient (Wildman–Crippen LogP) is 2.69. The number of carboxylic acids is 1. The van der Waals surface area contributed by atoms with Gasteiger partial charge in [-0.1, -0.05) is 13.8 Å². The minimum Gasteiger partial charge on any atom is -0.493 e. The summed E-state index contributed by atoms with van der Waals surface area (Å²) in [6.07, 6.45) is 0.570. The zero-order chi connectivity index (χ0) is 17.4. The first-order valence-corrected chi connectivity index (χ1v) is 7.76. The van der Waals surface area contributed by atoms with Crippen molar-refractivity contribution in [2.24, 2.45) is 5.92 Å². The number of carboxylic acid groups (broad SMARTS) is 1. The number of rotatable bonds is 10. The molecule has 23 heavy (non-hydrogen) atoms. The molecule has 0 radical (unpaired) electrons. The normalized spacial score (nSPS) is 12.1. The van der Waals surface area contributed by atoms with Crippen molar-refractivity contribution in [2.75, 3.05) is 20.8 Å². The summed E-state index contributed by atoms with van der Waals surface area (Å²) in [5.74, 6) is 1.15. The van der Waals surface area contributed by atoms with Gasteiger partial charge < -0.3 is 24.6 Å². The first kappa shape index (κ1) is 19.1. The predicted molar refractivity (Wildman–Crippen MR) is 88.4 cm³/mol. The van der Waals surface area contributed by atoms with Crippen LogP contribution in [-0.4, -0.2) is 37.9 Å². The summed E-state index contributed by atoms with van der Waals surface area (Å²) in [5, 5.41) is 12.4. The van der Waals surface area contributed by atoms with Crippen molar-refractivity contribution in [1.82, 2.24) is 5.32 Å². The molecule has 6 heteroatoms. The Balaban J connectivity index is 2.93. The van der Waals surface area contributed by atoms with Gasteiger partial charge in [-0.3, -0.25) is 4.79 Å². The zero-order valence-corrected chi connectivity index (χ0v) is 14.5. The lowest BCUT2D eigenvalue weighted by atomic mass is 10.0. The largest absolute Gasteiger partial charge is 0.493 e. The van der Waals surface area contributed by atoms with Crippen LogP contribution in [0, 0.1) is 5.92 Å². The molecular formula is C17H27NO5. The highest BCUT2D eigenvalue weighted by molar-refractivity contribution is 5.73. The molecule has 0 saturated carbocycles. The number of aliphatic carboxylic acids is 1. The van der Waals surface area contributed by atoms with Crippen molar-refractivity contribution in [3.63, 3.8) is 0 Å². The summed E-state index contributed by atoms with van der Waals surface area (Å²) in [4.78, 5) is 11.3. The van der Waals surface area contributed by atoms with Crippen LogP contribution in [-0.2, 0) is 11.3 Å². The lowest BCUT2D eigenvalue weighted by molar-refractivity contribution is -0.140. The molecule has 0 aromatic heterocycles. The molecule has 1 aromatic carbocycles. The SMILES string of the molecule is CCOc1c(OC)cc(CN[C@H](CC(C)C)C(=O)O)cc1OC. The third-order valence-corrected chi connectivity index (χ3v) is 3.37. The highest BCUT2D eigenvalue weighted by Crippen LogP contribution is 2.38. The maximum Gasteiger partial charge on any atom is 0.320 e. The van der Waals surface area contributed by atoms with Gasteiger partial charge in [-0.25, -0.2) is 0 Å². The van der Waals surface area contributed by atoms with Gasteiger partial charge in [-0.05, 0) is 37.0 Å². The summed E-state index contributed by atoms with van der Waals surface area (Å²) < 4.78 is 16.3. The van der Waals surface area contributed by atoms with Crippen LogP contribution < -0.4 is 19.5 Å². The first-order chi connectivity index (χ1) is 10.9. The van der Waals surface area contributed by atoms with E-state index in [0.717, 1.165) is 5.56 Å². The van der Waals surface area contributed by atoms with Crippen molar-refractivity contribution < 1.29 is 24.1 Å². The summed E-state index contributed by atoms with van der Waals surface area (Å²) in [7, 11) is 3.13. The van der Waals surface area contributed by atoms with E-state index in [1.165, 1.54) is 0 Å². The summed E-state index contributed by atoms with van der Waals surface area (Å²) in [6, 6.07) is 3.07. The minimum atomic E-state index is -0.844. The first-order valence-electron chi connectivity index (χ1n) is 7.76. The van der Waals surface area contributed by atoms with Gasteiger partial charge in [0.25, 0.3) is 0 Å². The minimum absolute atomic E-state index is 0.299. The molecule has 6 nitrogen and oxygen atoms in total. The van der Waals surface area contributed by atoms with E-state index in [4.69, 9.17) is 14.2 Å². The number of benzene rings is 1. The maximum atomic E-state index is 11.3. The van der Waals surface area contributed by atoms with Crippen LogP contribution in [0.1, 0.15) is 32.8 Å². The van der Waals surface area contributed by atoms with E-state index in [1.807, 2.05) is 32.9 Å². The molecule has 0 heterocycles. The Morgan fingerprint density at radius 2 is 1.78 bits per heavy atom. The van der Waals surface area contributed by atoms with Gasteiger partial charge in [0.1, 0.15) is 6.04 Å². The zero-order valence-electron chi connectivity index (χ0n) is 14.5. The van der Waals surface area contributed by atoms with E-state index >= 15 is 0 Å². The lowest BCUT2D eigenvalue weighted by Crippen LogP contribution is -2.37. The molecule has 2 N–H and O–H groups in total. The highest BCUT2D eigenvalue weighted by atomic mass is 16.5. The van der Waals surface area contributed by atoms with Crippen molar-refractivity contribution in [3.8, 4) is 17.2 Å². The van der Waals surface area contributed by atoms with E-state index in [9.17, 15) is 9.90 Å². The maximum absolute atomic E-state index is 11.3. The number of methoxy groups -OCH3 is 2. The monoisotopic (exact) mass is 325 g/mol. The highest BCUT2D eigenvalue weighted by Gasteiger charge is 2.19. The van der Waals surface area contributed by atoms with Gasteiger partial charge in [0.05, 0.1) is 20.8 Å². The van der Waals surface area contributed by atoms with Crippen LogP contribution >= 0.6 is 0 Å². The molecule has 1 rings (SSSR count). The summed E-state index contributed by atoms with van der Waals surface area (Å²) >= 11 is 0. The van der Waals surface area contributed by atoms with E-state index in [0.29, 0.717) is 42.7 Å². The average Bonchev–Trinajstić information content (AvgIpc) is 2.51. The third kappa shape index (κ3) is 5.63. The second-order valence-electron chi connectivity index (χ2n) is 5.66. The Hall–Kier alpha value is -1.95. The molecule has 0 aliphatic carbocycles. The Kier molecular flexibility index (Phi) is 7.68. The molecule has 0 amide bonds.